The number of rotatable bonds is 2. The first-order valence-electron chi connectivity index (χ1n) is 12.5. The standard InChI is InChI=1S/C14H16.C10H14.C8H10.I3.I2.HI/c1-2-4-6-8-14-11-9-13(10-12-14)7-5-3-1;1-3-9-5-7-10(4-2)8-6-9;1-7-3-5-8(2)6-4-7;1-3-2;1-2;/h1-4,9-12H,5-8H2;5-8H,3-4H2,1-2H3;3-6H,1-2H3;;;1H/q;;;-1;;. The Morgan fingerprint density at radius 1 is 0.579 bits per heavy atom. The summed E-state index contributed by atoms with van der Waals surface area (Å²) < 4.78 is 0. The number of hydrogen-bond donors (Lipinski definition) is 0. The zero-order chi connectivity index (χ0) is 27.7. The second-order valence-corrected chi connectivity index (χ2v) is 24.7. The van der Waals surface area contributed by atoms with Crippen LogP contribution in [0, 0.1) is 13.8 Å². The van der Waals surface area contributed by atoms with E-state index in [1.165, 1.54) is 33.4 Å². The molecular formula is C32H41I6-. The molecule has 0 atom stereocenters. The van der Waals surface area contributed by atoms with E-state index in [0.29, 0.717) is 13.3 Å². The minimum atomic E-state index is 0. The average Bonchev–Trinajstić information content (AvgIpc) is 2.93. The predicted molar refractivity (Wildman–Crippen MR) is 214 cm³/mol. The van der Waals surface area contributed by atoms with Gasteiger partial charge in [-0.15, -0.1) is 24.0 Å². The summed E-state index contributed by atoms with van der Waals surface area (Å²) in [5, 5.41) is 0. The fourth-order valence-electron chi connectivity index (χ4n) is 3.37. The maximum atomic E-state index is 2.39. The molecular weight excluding hydrogens is 1150 g/mol. The third kappa shape index (κ3) is 23.1. The van der Waals surface area contributed by atoms with Crippen LogP contribution in [0.1, 0.15) is 60.1 Å². The Morgan fingerprint density at radius 2 is 0.868 bits per heavy atom. The molecule has 0 nitrogen and oxygen atoms in total. The summed E-state index contributed by atoms with van der Waals surface area (Å²) in [6.45, 7) is 8.56. The topological polar surface area (TPSA) is 0 Å². The number of benzene rings is 3. The van der Waals surface area contributed by atoms with E-state index in [4.69, 9.17) is 0 Å². The van der Waals surface area contributed by atoms with Gasteiger partial charge >= 0.3 is 50.5 Å². The molecule has 2 aliphatic carbocycles. The molecule has 0 N–H and O–H groups in total. The van der Waals surface area contributed by atoms with Crippen LogP contribution in [-0.2, 0) is 25.7 Å². The molecule has 0 aliphatic heterocycles. The van der Waals surface area contributed by atoms with Crippen LogP contribution in [0.15, 0.2) is 97.1 Å². The number of hydrogen-bond acceptors (Lipinski definition) is 0. The van der Waals surface area contributed by atoms with Gasteiger partial charge < -0.3 is 0 Å². The van der Waals surface area contributed by atoms with Crippen molar-refractivity contribution in [3.63, 3.8) is 0 Å². The number of halogens is 6. The second-order valence-electron chi connectivity index (χ2n) is 8.48. The van der Waals surface area contributed by atoms with Crippen LogP contribution >= 0.6 is 98.4 Å². The van der Waals surface area contributed by atoms with Crippen molar-refractivity contribution in [2.24, 2.45) is 0 Å². The molecule has 0 heterocycles. The summed E-state index contributed by atoms with van der Waals surface area (Å²) in [6, 6.07) is 26.3. The molecule has 6 heteroatoms. The monoisotopic (exact) mass is 1190 g/mol. The molecule has 0 fully saturated rings. The van der Waals surface area contributed by atoms with E-state index in [0.717, 1.165) is 38.5 Å². The van der Waals surface area contributed by atoms with Gasteiger partial charge in [-0.25, -0.2) is 0 Å². The number of allylic oxidation sites excluding steroid dienone is 4. The summed E-state index contributed by atoms with van der Waals surface area (Å²) in [6.07, 6.45) is 15.7. The van der Waals surface area contributed by atoms with Crippen LogP contribution in [0.2, 0.25) is 0 Å². The van der Waals surface area contributed by atoms with Gasteiger partial charge in [0, 0.05) is 37.2 Å². The van der Waals surface area contributed by atoms with Crippen LogP contribution in [0.5, 0.6) is 0 Å². The fraction of sp³-hybridized carbons (Fsp3) is 0.312. The molecule has 0 saturated carbocycles. The molecule has 2 bridgehead atoms. The zero-order valence-corrected chi connectivity index (χ0v) is 35.9. The van der Waals surface area contributed by atoms with Crippen molar-refractivity contribution in [3.05, 3.63) is 130 Å². The SMILES string of the molecule is C1=CCCc2ccc(cc2)CCC=C1.CCc1ccc(CC)cc1.Cc1ccc(C)cc1.I.II.I[I-]I. The third-order valence-corrected chi connectivity index (χ3v) is 5.66. The molecule has 212 valence electrons. The number of aryl methyl sites for hydroxylation is 6. The second kappa shape index (κ2) is 30.0. The Labute approximate surface area is 303 Å². The van der Waals surface area contributed by atoms with Gasteiger partial charge in [0.1, 0.15) is 0 Å². The average molecular weight is 1190 g/mol. The van der Waals surface area contributed by atoms with Crippen molar-refractivity contribution in [1.29, 1.82) is 0 Å². The van der Waals surface area contributed by atoms with Crippen LogP contribution in [0.4, 0.5) is 0 Å². The third-order valence-electron chi connectivity index (χ3n) is 5.66. The van der Waals surface area contributed by atoms with E-state index in [2.05, 4.69) is 199 Å². The summed E-state index contributed by atoms with van der Waals surface area (Å²) in [5.41, 5.74) is 8.41. The van der Waals surface area contributed by atoms with E-state index in [-0.39, 0.29) is 24.0 Å². The zero-order valence-electron chi connectivity index (χ0n) is 22.8. The summed E-state index contributed by atoms with van der Waals surface area (Å²) in [4.78, 5) is 0. The van der Waals surface area contributed by atoms with Gasteiger partial charge in [-0.1, -0.05) is 122 Å². The Morgan fingerprint density at radius 3 is 1.13 bits per heavy atom. The molecule has 38 heavy (non-hydrogen) atoms. The molecule has 0 saturated heterocycles. The quantitative estimate of drug-likeness (QED) is 0.225. The van der Waals surface area contributed by atoms with Crippen molar-refractivity contribution >= 4 is 98.4 Å². The Hall–Kier alpha value is 1.52. The van der Waals surface area contributed by atoms with Crippen molar-refractivity contribution in [2.45, 2.75) is 66.2 Å². The van der Waals surface area contributed by atoms with Gasteiger partial charge in [0.05, 0.1) is 0 Å². The van der Waals surface area contributed by atoms with Crippen molar-refractivity contribution < 1.29 is 13.3 Å². The molecule has 3 aromatic carbocycles. The van der Waals surface area contributed by atoms with Crippen LogP contribution < -0.4 is 13.3 Å². The molecule has 0 unspecified atom stereocenters. The van der Waals surface area contributed by atoms with Gasteiger partial charge in [0.25, 0.3) is 0 Å². The van der Waals surface area contributed by atoms with E-state index in [1.54, 1.807) is 0 Å². The van der Waals surface area contributed by atoms with E-state index in [9.17, 15) is 0 Å². The number of fused-ring (bicyclic) bond motifs is 7. The van der Waals surface area contributed by atoms with E-state index < -0.39 is 0 Å². The first-order valence-corrected chi connectivity index (χ1v) is 31.4. The van der Waals surface area contributed by atoms with Gasteiger partial charge in [-0.3, -0.25) is 0 Å². The molecule has 0 aromatic heterocycles. The maximum absolute atomic E-state index is 2.39. The molecule has 5 rings (SSSR count). The molecule has 0 radical (unpaired) electrons. The Balaban J connectivity index is 0. The van der Waals surface area contributed by atoms with Crippen LogP contribution in [0.25, 0.3) is 0 Å². The first-order chi connectivity index (χ1) is 18.0. The van der Waals surface area contributed by atoms with Gasteiger partial charge in [-0.05, 0) is 74.6 Å². The molecule has 2 aliphatic rings. The van der Waals surface area contributed by atoms with Crippen molar-refractivity contribution in [1.82, 2.24) is 0 Å². The van der Waals surface area contributed by atoms with Crippen LogP contribution in [-0.4, -0.2) is 0 Å². The predicted octanol–water partition coefficient (Wildman–Crippen LogP) is 9.96. The summed E-state index contributed by atoms with van der Waals surface area (Å²) in [7, 11) is 0. The van der Waals surface area contributed by atoms with Gasteiger partial charge in [0.15, 0.2) is 0 Å². The van der Waals surface area contributed by atoms with Crippen LogP contribution in [0.3, 0.4) is 0 Å². The molecule has 3 aromatic rings. The van der Waals surface area contributed by atoms with Crippen molar-refractivity contribution in [3.8, 4) is 0 Å². The van der Waals surface area contributed by atoms with E-state index >= 15 is 0 Å². The van der Waals surface area contributed by atoms with Gasteiger partial charge in [-0.2, -0.15) is 0 Å². The van der Waals surface area contributed by atoms with E-state index in [1.807, 2.05) is 0 Å². The minimum absolute atomic E-state index is 0. The normalized spacial score (nSPS) is 11.3. The first kappa shape index (κ1) is 41.7. The Kier molecular flexibility index (Phi) is 32.9. The van der Waals surface area contributed by atoms with Crippen molar-refractivity contribution in [2.75, 3.05) is 0 Å². The summed E-state index contributed by atoms with van der Waals surface area (Å²) >= 11 is 9.54. The van der Waals surface area contributed by atoms with Gasteiger partial charge in [0.2, 0.25) is 0 Å². The fourth-order valence-corrected chi connectivity index (χ4v) is 3.37. The Bertz CT molecular complexity index is 883. The summed E-state index contributed by atoms with van der Waals surface area (Å²) in [5.74, 6) is 0. The molecule has 0 amide bonds. The molecule has 0 spiro atoms.